The van der Waals surface area contributed by atoms with Crippen LogP contribution < -0.4 is 21.7 Å². The Morgan fingerprint density at radius 3 is 2.04 bits per heavy atom. The van der Waals surface area contributed by atoms with Crippen molar-refractivity contribution < 1.29 is 43.2 Å². The minimum atomic E-state index is -1.18. The molecule has 6 N–H and O–H groups in total. The van der Waals surface area contributed by atoms with Crippen LogP contribution in [0, 0.1) is 11.8 Å². The highest BCUT2D eigenvalue weighted by Crippen LogP contribution is 2.29. The third-order valence-corrected chi connectivity index (χ3v) is 8.27. The Balaban J connectivity index is 1.79. The Morgan fingerprint density at radius 1 is 0.860 bits per heavy atom. The first-order valence-electron chi connectivity index (χ1n) is 17.1. The Labute approximate surface area is 294 Å². The molecule has 6 unspecified atom stereocenters. The molecule has 0 bridgehead atoms. The Morgan fingerprint density at radius 2 is 1.46 bits per heavy atom. The predicted octanol–water partition coefficient (Wildman–Crippen LogP) is 1.35. The standard InChI is InChI=1S/C36H53N5O9/c1-25-20-30(22-41(21-25)35(45)31(39-27(3)43)26(2)49-23-28-10-6-4-7-11-28)33(50-24-29-12-8-5-9-13-29)32(40-36(37)46)34(44)38-14-16-47-18-19-48-17-15-42/h4-13,25-26,30-33,42H,14-24H2,1-3H3,(H,38,44)(H,39,43)(H3,37,40,46). The SMILES string of the molecule is CC(=O)NC(C(=O)N1CC(C)CC(C(OCc2ccccc2)C(NC(N)=O)C(=O)NCCOCCOCCO)C1)C(C)OCc1ccccc1. The van der Waals surface area contributed by atoms with Crippen molar-refractivity contribution in [3.8, 4) is 0 Å². The number of primary amides is 1. The van der Waals surface area contributed by atoms with E-state index in [1.54, 1.807) is 11.8 Å². The number of rotatable bonds is 21. The van der Waals surface area contributed by atoms with E-state index >= 15 is 0 Å². The number of hydrogen-bond acceptors (Lipinski definition) is 9. The summed E-state index contributed by atoms with van der Waals surface area (Å²) in [4.78, 5) is 53.9. The van der Waals surface area contributed by atoms with Gasteiger partial charge in [0.15, 0.2) is 0 Å². The number of nitrogens with one attached hydrogen (secondary N) is 3. The second-order valence-corrected chi connectivity index (χ2v) is 12.5. The average molecular weight is 700 g/mol. The predicted molar refractivity (Wildman–Crippen MR) is 185 cm³/mol. The minimum absolute atomic E-state index is 0.00205. The van der Waals surface area contributed by atoms with Gasteiger partial charge < -0.3 is 50.6 Å². The van der Waals surface area contributed by atoms with Crippen LogP contribution in [0.4, 0.5) is 4.79 Å². The molecule has 276 valence electrons. The molecule has 2 aromatic rings. The maximum atomic E-state index is 14.1. The molecule has 0 spiro atoms. The first-order valence-corrected chi connectivity index (χ1v) is 17.1. The molecule has 1 aliphatic rings. The lowest BCUT2D eigenvalue weighted by Gasteiger charge is -2.43. The fourth-order valence-corrected chi connectivity index (χ4v) is 5.98. The van der Waals surface area contributed by atoms with Crippen molar-refractivity contribution in [2.24, 2.45) is 17.6 Å². The molecule has 5 amide bonds. The second-order valence-electron chi connectivity index (χ2n) is 12.5. The van der Waals surface area contributed by atoms with Crippen molar-refractivity contribution in [1.82, 2.24) is 20.9 Å². The largest absolute Gasteiger partial charge is 0.394 e. The van der Waals surface area contributed by atoms with Crippen LogP contribution in [0.25, 0.3) is 0 Å². The van der Waals surface area contributed by atoms with Gasteiger partial charge in [-0.3, -0.25) is 14.4 Å². The third-order valence-electron chi connectivity index (χ3n) is 8.27. The summed E-state index contributed by atoms with van der Waals surface area (Å²) in [5, 5.41) is 17.0. The number of nitrogens with two attached hydrogens (primary N) is 1. The summed E-state index contributed by atoms with van der Waals surface area (Å²) in [6.07, 6.45) is -0.930. The molecule has 1 heterocycles. The van der Waals surface area contributed by atoms with Gasteiger partial charge in [0, 0.05) is 32.5 Å². The number of carbonyl (C=O) groups excluding carboxylic acids is 4. The number of benzene rings is 2. The van der Waals surface area contributed by atoms with Crippen molar-refractivity contribution in [3.63, 3.8) is 0 Å². The molecule has 1 aliphatic heterocycles. The van der Waals surface area contributed by atoms with Crippen molar-refractivity contribution in [2.45, 2.75) is 64.7 Å². The average Bonchev–Trinajstić information content (AvgIpc) is 3.10. The van der Waals surface area contributed by atoms with Gasteiger partial charge in [0.05, 0.1) is 58.5 Å². The summed E-state index contributed by atoms with van der Waals surface area (Å²) in [5.74, 6) is -1.60. The lowest BCUT2D eigenvalue weighted by atomic mass is 9.83. The maximum absolute atomic E-state index is 14.1. The monoisotopic (exact) mass is 699 g/mol. The number of hydrogen-bond donors (Lipinski definition) is 5. The van der Waals surface area contributed by atoms with Gasteiger partial charge in [0.25, 0.3) is 0 Å². The Bertz CT molecular complexity index is 1320. The number of carbonyl (C=O) groups is 4. The van der Waals surface area contributed by atoms with Crippen LogP contribution in [0.1, 0.15) is 38.3 Å². The molecule has 2 aromatic carbocycles. The molecule has 14 heteroatoms. The van der Waals surface area contributed by atoms with Gasteiger partial charge in [0.2, 0.25) is 17.7 Å². The van der Waals surface area contributed by atoms with Crippen LogP contribution in [0.3, 0.4) is 0 Å². The number of aliphatic hydroxyl groups is 1. The first-order chi connectivity index (χ1) is 24.1. The van der Waals surface area contributed by atoms with Crippen molar-refractivity contribution in [1.29, 1.82) is 0 Å². The molecule has 6 atom stereocenters. The van der Waals surface area contributed by atoms with E-state index in [1.165, 1.54) is 6.92 Å². The summed E-state index contributed by atoms with van der Waals surface area (Å²) in [5.41, 5.74) is 7.37. The van der Waals surface area contributed by atoms with E-state index in [0.717, 1.165) is 11.1 Å². The molecular weight excluding hydrogens is 646 g/mol. The highest BCUT2D eigenvalue weighted by atomic mass is 16.5. The van der Waals surface area contributed by atoms with E-state index in [9.17, 15) is 19.2 Å². The summed E-state index contributed by atoms with van der Waals surface area (Å²) in [6, 6.07) is 15.9. The molecule has 0 radical (unpaired) electrons. The molecule has 1 saturated heterocycles. The van der Waals surface area contributed by atoms with Crippen LogP contribution in [0.5, 0.6) is 0 Å². The zero-order valence-corrected chi connectivity index (χ0v) is 29.3. The van der Waals surface area contributed by atoms with E-state index in [4.69, 9.17) is 29.8 Å². The van der Waals surface area contributed by atoms with Crippen molar-refractivity contribution in [2.75, 3.05) is 52.7 Å². The van der Waals surface area contributed by atoms with Gasteiger partial charge in [-0.05, 0) is 30.4 Å². The van der Waals surface area contributed by atoms with E-state index in [2.05, 4.69) is 16.0 Å². The summed E-state index contributed by atoms with van der Waals surface area (Å²) in [6.45, 7) is 7.17. The minimum Gasteiger partial charge on any atom is -0.394 e. The molecule has 14 nitrogen and oxygen atoms in total. The Hall–Kier alpha value is -4.08. The number of likely N-dealkylation sites (tertiary alicyclic amines) is 1. The number of piperidine rings is 1. The third kappa shape index (κ3) is 14.0. The van der Waals surface area contributed by atoms with Gasteiger partial charge >= 0.3 is 6.03 Å². The van der Waals surface area contributed by atoms with Crippen LogP contribution in [-0.2, 0) is 46.5 Å². The molecule has 50 heavy (non-hydrogen) atoms. The molecule has 1 fully saturated rings. The van der Waals surface area contributed by atoms with Gasteiger partial charge in [-0.2, -0.15) is 0 Å². The molecule has 0 aliphatic carbocycles. The number of urea groups is 1. The van der Waals surface area contributed by atoms with Gasteiger partial charge in [-0.1, -0.05) is 67.6 Å². The number of nitrogens with zero attached hydrogens (tertiary/aromatic N) is 1. The van der Waals surface area contributed by atoms with Crippen molar-refractivity contribution in [3.05, 3.63) is 71.8 Å². The highest BCUT2D eigenvalue weighted by Gasteiger charge is 2.42. The first kappa shape index (κ1) is 40.4. The van der Waals surface area contributed by atoms with E-state index < -0.39 is 42.1 Å². The van der Waals surface area contributed by atoms with E-state index in [0.29, 0.717) is 19.6 Å². The summed E-state index contributed by atoms with van der Waals surface area (Å²) < 4.78 is 23.2. The Kier molecular flexibility index (Phi) is 17.7. The van der Waals surface area contributed by atoms with E-state index in [1.807, 2.05) is 67.6 Å². The lowest BCUT2D eigenvalue weighted by molar-refractivity contribution is -0.146. The van der Waals surface area contributed by atoms with Gasteiger partial charge in [-0.25, -0.2) is 4.79 Å². The van der Waals surface area contributed by atoms with Crippen LogP contribution in [-0.4, -0.2) is 111 Å². The highest BCUT2D eigenvalue weighted by molar-refractivity contribution is 5.88. The zero-order chi connectivity index (χ0) is 36.3. The lowest BCUT2D eigenvalue weighted by Crippen LogP contribution is -2.61. The number of amides is 5. The maximum Gasteiger partial charge on any atom is 0.312 e. The number of ether oxygens (including phenoxy) is 4. The topological polar surface area (TPSA) is 191 Å². The summed E-state index contributed by atoms with van der Waals surface area (Å²) >= 11 is 0. The molecule has 3 rings (SSSR count). The van der Waals surface area contributed by atoms with Crippen LogP contribution >= 0.6 is 0 Å². The quantitative estimate of drug-likeness (QED) is 0.120. The normalized spacial score (nSPS) is 18.4. The smallest absolute Gasteiger partial charge is 0.312 e. The number of aliphatic hydroxyl groups excluding tert-OH is 1. The fraction of sp³-hybridized carbons (Fsp3) is 0.556. The van der Waals surface area contributed by atoms with Crippen LogP contribution in [0.2, 0.25) is 0 Å². The zero-order valence-electron chi connectivity index (χ0n) is 29.3. The fourth-order valence-electron chi connectivity index (χ4n) is 5.98. The molecular formula is C36H53N5O9. The molecule has 0 aromatic heterocycles. The van der Waals surface area contributed by atoms with Gasteiger partial charge in [0.1, 0.15) is 12.1 Å². The summed E-state index contributed by atoms with van der Waals surface area (Å²) in [7, 11) is 0. The van der Waals surface area contributed by atoms with Crippen molar-refractivity contribution >= 4 is 23.8 Å². The van der Waals surface area contributed by atoms with E-state index in [-0.39, 0.29) is 70.5 Å². The van der Waals surface area contributed by atoms with Crippen LogP contribution in [0.15, 0.2) is 60.7 Å². The second kappa shape index (κ2) is 21.9. The molecule has 0 saturated carbocycles. The van der Waals surface area contributed by atoms with Gasteiger partial charge in [-0.15, -0.1) is 0 Å².